The summed E-state index contributed by atoms with van der Waals surface area (Å²) in [5.41, 5.74) is 3.14. The minimum Gasteiger partial charge on any atom is -0.308 e. The molecule has 2 heterocycles. The lowest BCUT2D eigenvalue weighted by atomic mass is 10.2. The van der Waals surface area contributed by atoms with Crippen molar-refractivity contribution in [1.29, 1.82) is 0 Å². The summed E-state index contributed by atoms with van der Waals surface area (Å²) < 4.78 is 0. The highest BCUT2D eigenvalue weighted by Gasteiger charge is 2.13. The number of aryl methyl sites for hydroxylation is 2. The number of carbonyl (C=O) groups excluding carboxylic acids is 1. The number of amides is 2. The van der Waals surface area contributed by atoms with E-state index in [1.54, 1.807) is 24.3 Å². The van der Waals surface area contributed by atoms with Crippen LogP contribution in [0.5, 0.6) is 0 Å². The molecule has 2 aromatic heterocycles. The minimum absolute atomic E-state index is 0.393. The Morgan fingerprint density at radius 1 is 1.23 bits per heavy atom. The fourth-order valence-corrected chi connectivity index (χ4v) is 2.50. The van der Waals surface area contributed by atoms with E-state index in [0.29, 0.717) is 22.2 Å². The molecule has 0 fully saturated rings. The topological polar surface area (TPSA) is 82.7 Å². The number of benzene rings is 1. The molecule has 0 unspecified atom stereocenters. The zero-order valence-electron chi connectivity index (χ0n) is 12.1. The van der Waals surface area contributed by atoms with Crippen molar-refractivity contribution in [3.05, 3.63) is 46.6 Å². The van der Waals surface area contributed by atoms with Crippen LogP contribution < -0.4 is 10.6 Å². The molecule has 0 bridgehead atoms. The monoisotopic (exact) mass is 315 g/mol. The van der Waals surface area contributed by atoms with Gasteiger partial charge in [-0.1, -0.05) is 17.7 Å². The third-order valence-corrected chi connectivity index (χ3v) is 3.40. The Bertz CT molecular complexity index is 858. The lowest BCUT2D eigenvalue weighted by Crippen LogP contribution is -2.19. The van der Waals surface area contributed by atoms with E-state index in [2.05, 4.69) is 25.8 Å². The predicted octanol–water partition coefficient (Wildman–Crippen LogP) is 3.87. The van der Waals surface area contributed by atoms with E-state index < -0.39 is 6.03 Å². The SMILES string of the molecule is Cc1cc(C)c2c(NC(=O)Nc3cccc(Cl)c3)n[nH]c2n1. The van der Waals surface area contributed by atoms with Crippen molar-refractivity contribution in [2.45, 2.75) is 13.8 Å². The molecular formula is C15H14ClN5O. The summed E-state index contributed by atoms with van der Waals surface area (Å²) in [6.07, 6.45) is 0. The van der Waals surface area contributed by atoms with E-state index in [4.69, 9.17) is 11.6 Å². The standard InChI is InChI=1S/C15H14ClN5O/c1-8-6-9(2)17-13-12(8)14(21-20-13)19-15(22)18-11-5-3-4-10(16)7-11/h3-7H,1-2H3,(H3,17,18,19,20,21,22). The molecule has 6 nitrogen and oxygen atoms in total. The number of aromatic nitrogens is 3. The molecule has 0 aliphatic carbocycles. The van der Waals surface area contributed by atoms with Crippen LogP contribution in [0.3, 0.4) is 0 Å². The van der Waals surface area contributed by atoms with Crippen molar-refractivity contribution in [2.75, 3.05) is 10.6 Å². The van der Waals surface area contributed by atoms with Crippen LogP contribution in [0.15, 0.2) is 30.3 Å². The van der Waals surface area contributed by atoms with E-state index >= 15 is 0 Å². The van der Waals surface area contributed by atoms with Gasteiger partial charge >= 0.3 is 6.03 Å². The first-order valence-corrected chi connectivity index (χ1v) is 7.06. The second-order valence-corrected chi connectivity index (χ2v) is 5.40. The molecule has 0 radical (unpaired) electrons. The molecule has 2 amide bonds. The number of aromatic amines is 1. The number of carbonyl (C=O) groups is 1. The van der Waals surface area contributed by atoms with Gasteiger partial charge < -0.3 is 5.32 Å². The molecule has 0 aliphatic rings. The molecule has 7 heteroatoms. The van der Waals surface area contributed by atoms with Gasteiger partial charge in [-0.05, 0) is 43.7 Å². The molecular weight excluding hydrogens is 302 g/mol. The Labute approximate surface area is 131 Å². The van der Waals surface area contributed by atoms with Crippen LogP contribution in [-0.2, 0) is 0 Å². The number of anilines is 2. The number of H-pyrrole nitrogens is 1. The number of rotatable bonds is 2. The number of pyridine rings is 1. The molecule has 1 aromatic carbocycles. The molecule has 3 rings (SSSR count). The molecule has 112 valence electrons. The van der Waals surface area contributed by atoms with Crippen molar-refractivity contribution in [2.24, 2.45) is 0 Å². The average Bonchev–Trinajstić information content (AvgIpc) is 2.81. The number of urea groups is 1. The summed E-state index contributed by atoms with van der Waals surface area (Å²) in [4.78, 5) is 16.4. The van der Waals surface area contributed by atoms with Crippen LogP contribution >= 0.6 is 11.6 Å². The molecule has 0 aliphatic heterocycles. The van der Waals surface area contributed by atoms with Crippen molar-refractivity contribution in [3.8, 4) is 0 Å². The predicted molar refractivity (Wildman–Crippen MR) is 87.5 cm³/mol. The number of nitrogens with one attached hydrogen (secondary N) is 3. The highest BCUT2D eigenvalue weighted by molar-refractivity contribution is 6.30. The number of hydrogen-bond acceptors (Lipinski definition) is 3. The highest BCUT2D eigenvalue weighted by Crippen LogP contribution is 2.23. The third kappa shape index (κ3) is 2.87. The molecule has 0 spiro atoms. The van der Waals surface area contributed by atoms with E-state index in [9.17, 15) is 4.79 Å². The lowest BCUT2D eigenvalue weighted by Gasteiger charge is -2.07. The second kappa shape index (κ2) is 5.65. The van der Waals surface area contributed by atoms with Crippen LogP contribution in [0.2, 0.25) is 5.02 Å². The Morgan fingerprint density at radius 2 is 2.05 bits per heavy atom. The average molecular weight is 316 g/mol. The maximum absolute atomic E-state index is 12.1. The van der Waals surface area contributed by atoms with Gasteiger partial charge in [0.25, 0.3) is 0 Å². The Hall–Kier alpha value is -2.60. The van der Waals surface area contributed by atoms with Crippen molar-refractivity contribution >= 4 is 40.2 Å². The van der Waals surface area contributed by atoms with Gasteiger partial charge in [0.1, 0.15) is 0 Å². The summed E-state index contributed by atoms with van der Waals surface area (Å²) in [5.74, 6) is 0.444. The fraction of sp³-hybridized carbons (Fsp3) is 0.133. The molecule has 0 atom stereocenters. The van der Waals surface area contributed by atoms with Gasteiger partial charge in [-0.15, -0.1) is 0 Å². The van der Waals surface area contributed by atoms with Crippen LogP contribution in [0.25, 0.3) is 11.0 Å². The normalized spacial score (nSPS) is 10.7. The van der Waals surface area contributed by atoms with Crippen LogP contribution in [0.1, 0.15) is 11.3 Å². The molecule has 0 saturated heterocycles. The van der Waals surface area contributed by atoms with Gasteiger partial charge in [0, 0.05) is 16.4 Å². The first kappa shape index (κ1) is 14.3. The first-order chi connectivity index (χ1) is 10.5. The number of fused-ring (bicyclic) bond motifs is 1. The summed E-state index contributed by atoms with van der Waals surface area (Å²) in [5, 5.41) is 13.7. The van der Waals surface area contributed by atoms with Gasteiger partial charge in [0.05, 0.1) is 5.39 Å². The third-order valence-electron chi connectivity index (χ3n) is 3.17. The van der Waals surface area contributed by atoms with Crippen LogP contribution in [0.4, 0.5) is 16.3 Å². The maximum Gasteiger partial charge on any atom is 0.324 e. The van der Waals surface area contributed by atoms with E-state index in [1.165, 1.54) is 0 Å². The van der Waals surface area contributed by atoms with E-state index in [1.807, 2.05) is 19.9 Å². The largest absolute Gasteiger partial charge is 0.324 e. The Kier molecular flexibility index (Phi) is 3.68. The Morgan fingerprint density at radius 3 is 2.82 bits per heavy atom. The summed E-state index contributed by atoms with van der Waals surface area (Å²) in [6, 6.07) is 8.47. The van der Waals surface area contributed by atoms with Crippen molar-refractivity contribution in [3.63, 3.8) is 0 Å². The maximum atomic E-state index is 12.1. The zero-order chi connectivity index (χ0) is 15.7. The number of nitrogens with zero attached hydrogens (tertiary/aromatic N) is 2. The second-order valence-electron chi connectivity index (χ2n) is 4.97. The summed E-state index contributed by atoms with van der Waals surface area (Å²) in [6.45, 7) is 3.86. The lowest BCUT2D eigenvalue weighted by molar-refractivity contribution is 0.262. The van der Waals surface area contributed by atoms with E-state index in [0.717, 1.165) is 16.6 Å². The number of halogens is 1. The summed E-state index contributed by atoms with van der Waals surface area (Å²) in [7, 11) is 0. The van der Waals surface area contributed by atoms with Gasteiger partial charge in [-0.3, -0.25) is 10.4 Å². The quantitative estimate of drug-likeness (QED) is 0.671. The van der Waals surface area contributed by atoms with Gasteiger partial charge in [-0.25, -0.2) is 9.78 Å². The van der Waals surface area contributed by atoms with Crippen LogP contribution in [-0.4, -0.2) is 21.2 Å². The van der Waals surface area contributed by atoms with Gasteiger partial charge in [0.2, 0.25) is 0 Å². The van der Waals surface area contributed by atoms with Gasteiger partial charge in [0.15, 0.2) is 11.5 Å². The molecule has 0 saturated carbocycles. The smallest absolute Gasteiger partial charge is 0.308 e. The van der Waals surface area contributed by atoms with Crippen molar-refractivity contribution < 1.29 is 4.79 Å². The fourth-order valence-electron chi connectivity index (χ4n) is 2.31. The molecule has 3 aromatic rings. The number of hydrogen-bond donors (Lipinski definition) is 3. The Balaban J connectivity index is 1.83. The molecule has 22 heavy (non-hydrogen) atoms. The summed E-state index contributed by atoms with van der Waals surface area (Å²) >= 11 is 5.89. The van der Waals surface area contributed by atoms with Crippen LogP contribution in [0, 0.1) is 13.8 Å². The first-order valence-electron chi connectivity index (χ1n) is 6.69. The van der Waals surface area contributed by atoms with E-state index in [-0.39, 0.29) is 0 Å². The zero-order valence-corrected chi connectivity index (χ0v) is 12.8. The highest BCUT2D eigenvalue weighted by atomic mass is 35.5. The van der Waals surface area contributed by atoms with Gasteiger partial charge in [-0.2, -0.15) is 5.10 Å². The van der Waals surface area contributed by atoms with Crippen molar-refractivity contribution in [1.82, 2.24) is 15.2 Å². The molecule has 3 N–H and O–H groups in total. The minimum atomic E-state index is -0.393.